The van der Waals surface area contributed by atoms with Crippen LogP contribution in [0.15, 0.2) is 24.3 Å². The van der Waals surface area contributed by atoms with E-state index in [2.05, 4.69) is 65.8 Å². The summed E-state index contributed by atoms with van der Waals surface area (Å²) in [4.78, 5) is 0. The van der Waals surface area contributed by atoms with E-state index in [0.717, 1.165) is 0 Å². The Bertz CT molecular complexity index is 420. The molecule has 0 aliphatic carbocycles. The number of hydrogen-bond donors (Lipinski definition) is 0. The molecular formula is C22H40Sn. The van der Waals surface area contributed by atoms with Crippen molar-refractivity contribution in [1.29, 1.82) is 0 Å². The van der Waals surface area contributed by atoms with Gasteiger partial charge in [-0.1, -0.05) is 0 Å². The fourth-order valence-electron chi connectivity index (χ4n) is 3.67. The molecule has 0 spiro atoms. The monoisotopic (exact) mass is 424 g/mol. The molecule has 1 heteroatoms. The Morgan fingerprint density at radius 2 is 1.26 bits per heavy atom. The zero-order valence-electron chi connectivity index (χ0n) is 16.7. The quantitative estimate of drug-likeness (QED) is 0.354. The molecule has 1 rings (SSSR count). The fraction of sp³-hybridized carbons (Fsp3) is 0.727. The van der Waals surface area contributed by atoms with Gasteiger partial charge in [0.25, 0.3) is 0 Å². The number of benzene rings is 1. The molecular weight excluding hydrogens is 383 g/mol. The Kier molecular flexibility index (Phi) is 9.26. The molecule has 0 saturated heterocycles. The van der Waals surface area contributed by atoms with Crippen LogP contribution in [0.4, 0.5) is 0 Å². The van der Waals surface area contributed by atoms with Gasteiger partial charge in [-0.3, -0.25) is 0 Å². The van der Waals surface area contributed by atoms with E-state index in [1.807, 2.05) is 3.58 Å². The van der Waals surface area contributed by atoms with Crippen LogP contribution in [0.3, 0.4) is 0 Å². The topological polar surface area (TPSA) is 0 Å². The summed E-state index contributed by atoms with van der Waals surface area (Å²) in [5, 5.41) is 0. The first-order chi connectivity index (χ1) is 10.9. The first-order valence-electron chi connectivity index (χ1n) is 10.0. The van der Waals surface area contributed by atoms with E-state index in [1.54, 1.807) is 18.9 Å². The molecule has 132 valence electrons. The van der Waals surface area contributed by atoms with Gasteiger partial charge < -0.3 is 0 Å². The average Bonchev–Trinajstić information content (AvgIpc) is 2.54. The summed E-state index contributed by atoms with van der Waals surface area (Å²) >= 11 is -2.24. The van der Waals surface area contributed by atoms with E-state index in [9.17, 15) is 0 Å². The molecule has 23 heavy (non-hydrogen) atoms. The van der Waals surface area contributed by atoms with Crippen molar-refractivity contribution in [3.8, 4) is 0 Å². The summed E-state index contributed by atoms with van der Waals surface area (Å²) in [5.41, 5.74) is 1.81. The van der Waals surface area contributed by atoms with E-state index in [1.165, 1.54) is 38.5 Å². The van der Waals surface area contributed by atoms with Crippen LogP contribution < -0.4 is 3.58 Å². The maximum absolute atomic E-state index is 2.62. The summed E-state index contributed by atoms with van der Waals surface area (Å²) in [6, 6.07) is 9.83. The molecule has 0 fully saturated rings. The summed E-state index contributed by atoms with van der Waals surface area (Å²) < 4.78 is 6.53. The molecule has 0 unspecified atom stereocenters. The second-order valence-corrected chi connectivity index (χ2v) is 21.7. The van der Waals surface area contributed by atoms with E-state index >= 15 is 0 Å². The van der Waals surface area contributed by atoms with Gasteiger partial charge in [-0.15, -0.1) is 0 Å². The summed E-state index contributed by atoms with van der Waals surface area (Å²) in [7, 11) is 0. The van der Waals surface area contributed by atoms with Gasteiger partial charge in [0, 0.05) is 0 Å². The van der Waals surface area contributed by atoms with Crippen LogP contribution in [0.1, 0.15) is 85.6 Å². The van der Waals surface area contributed by atoms with Crippen LogP contribution in [-0.2, 0) is 5.41 Å². The van der Waals surface area contributed by atoms with Crippen molar-refractivity contribution in [2.75, 3.05) is 0 Å². The average molecular weight is 423 g/mol. The first kappa shape index (κ1) is 21.1. The van der Waals surface area contributed by atoms with Gasteiger partial charge in [0.1, 0.15) is 0 Å². The zero-order valence-corrected chi connectivity index (χ0v) is 19.5. The number of hydrogen-bond acceptors (Lipinski definition) is 0. The van der Waals surface area contributed by atoms with Crippen molar-refractivity contribution in [1.82, 2.24) is 0 Å². The fourth-order valence-corrected chi connectivity index (χ4v) is 19.7. The van der Waals surface area contributed by atoms with Crippen molar-refractivity contribution < 1.29 is 0 Å². The molecule has 0 aliphatic heterocycles. The molecule has 0 heterocycles. The Balaban J connectivity index is 3.23. The van der Waals surface area contributed by atoms with Crippen LogP contribution in [0.5, 0.6) is 0 Å². The normalized spacial score (nSPS) is 12.6. The summed E-state index contributed by atoms with van der Waals surface area (Å²) in [6.45, 7) is 14.2. The Morgan fingerprint density at radius 3 is 1.65 bits per heavy atom. The molecule has 0 aromatic heterocycles. The molecule has 0 amide bonds. The van der Waals surface area contributed by atoms with Gasteiger partial charge in [0.2, 0.25) is 0 Å². The van der Waals surface area contributed by atoms with Crippen LogP contribution in [-0.4, -0.2) is 18.4 Å². The molecule has 0 radical (unpaired) electrons. The second kappa shape index (κ2) is 10.1. The Labute approximate surface area is 150 Å². The van der Waals surface area contributed by atoms with Gasteiger partial charge in [-0.25, -0.2) is 0 Å². The van der Waals surface area contributed by atoms with Crippen molar-refractivity contribution in [2.24, 2.45) is 0 Å². The maximum atomic E-state index is 2.62. The molecule has 0 bridgehead atoms. The van der Waals surface area contributed by atoms with Gasteiger partial charge in [0.05, 0.1) is 0 Å². The molecule has 0 aliphatic rings. The van der Waals surface area contributed by atoms with Gasteiger partial charge >= 0.3 is 151 Å². The van der Waals surface area contributed by atoms with Gasteiger partial charge in [0.15, 0.2) is 0 Å². The molecule has 0 nitrogen and oxygen atoms in total. The van der Waals surface area contributed by atoms with Crippen LogP contribution in [0.2, 0.25) is 13.3 Å². The molecule has 0 saturated carbocycles. The standard InChI is InChI=1S/C10H13.3C4H9.Sn/c1-10(2,3)9-7-5-4-6-8-9;3*1-3-4-2;/h4-5,7-8H,1-3H3;3*1,3-4H2,2H3;. The molecule has 1 aromatic carbocycles. The van der Waals surface area contributed by atoms with Gasteiger partial charge in [-0.05, 0) is 0 Å². The third-order valence-electron chi connectivity index (χ3n) is 5.37. The predicted molar refractivity (Wildman–Crippen MR) is 110 cm³/mol. The molecule has 0 N–H and O–H groups in total. The third-order valence-corrected chi connectivity index (χ3v) is 21.0. The van der Waals surface area contributed by atoms with E-state index in [0.29, 0.717) is 0 Å². The Hall–Kier alpha value is 0.0187. The van der Waals surface area contributed by atoms with E-state index in [-0.39, 0.29) is 5.41 Å². The molecule has 0 atom stereocenters. The minimum atomic E-state index is -2.24. The summed E-state index contributed by atoms with van der Waals surface area (Å²) in [6.07, 6.45) is 8.41. The predicted octanol–water partition coefficient (Wildman–Crippen LogP) is 7.04. The van der Waals surface area contributed by atoms with Crippen molar-refractivity contribution >= 4 is 22.0 Å². The SMILES string of the molecule is CCC[CH2][Sn]([CH2]CCC)([CH2]CCC)[c]1cccc(C(C)(C)C)c1. The number of rotatable bonds is 10. The summed E-state index contributed by atoms with van der Waals surface area (Å²) in [5.74, 6) is 0. The van der Waals surface area contributed by atoms with Crippen molar-refractivity contribution in [3.63, 3.8) is 0 Å². The van der Waals surface area contributed by atoms with Crippen LogP contribution in [0.25, 0.3) is 0 Å². The zero-order chi connectivity index (χ0) is 17.3. The number of unbranched alkanes of at least 4 members (excludes halogenated alkanes) is 3. The van der Waals surface area contributed by atoms with E-state index < -0.39 is 18.4 Å². The second-order valence-electron chi connectivity index (χ2n) is 8.42. The third kappa shape index (κ3) is 6.44. The Morgan fingerprint density at radius 1 is 0.783 bits per heavy atom. The first-order valence-corrected chi connectivity index (χ1v) is 17.5. The minimum absolute atomic E-state index is 0.272. The van der Waals surface area contributed by atoms with Crippen LogP contribution in [0, 0.1) is 0 Å². The van der Waals surface area contributed by atoms with Crippen LogP contribution >= 0.6 is 0 Å². The van der Waals surface area contributed by atoms with Gasteiger partial charge in [-0.2, -0.15) is 0 Å². The van der Waals surface area contributed by atoms with Crippen molar-refractivity contribution in [3.05, 3.63) is 29.8 Å². The van der Waals surface area contributed by atoms with E-state index in [4.69, 9.17) is 0 Å². The molecule has 1 aromatic rings. The van der Waals surface area contributed by atoms with Crippen molar-refractivity contribution in [2.45, 2.75) is 98.8 Å².